The molecule has 0 bridgehead atoms. The number of rotatable bonds is 22. The van der Waals surface area contributed by atoms with E-state index in [4.69, 9.17) is 41.0 Å². The monoisotopic (exact) mass is 750 g/mol. The van der Waals surface area contributed by atoms with Gasteiger partial charge in [0.1, 0.15) is 25.0 Å². The summed E-state index contributed by atoms with van der Waals surface area (Å²) in [7, 11) is 1.34. The Morgan fingerprint density at radius 3 is 2.56 bits per heavy atom. The Morgan fingerprint density at radius 1 is 1.02 bits per heavy atom. The highest BCUT2D eigenvalue weighted by Gasteiger charge is 2.39. The first-order valence-corrected chi connectivity index (χ1v) is 17.2. The van der Waals surface area contributed by atoms with E-state index in [9.17, 15) is 29.7 Å². The van der Waals surface area contributed by atoms with Gasteiger partial charge in [-0.3, -0.25) is 20.0 Å². The lowest BCUT2D eigenvalue weighted by molar-refractivity contribution is -0.492. The number of carbonyl (C=O) groups is 3. The van der Waals surface area contributed by atoms with Crippen molar-refractivity contribution in [2.24, 2.45) is 11.8 Å². The third kappa shape index (κ3) is 15.3. The van der Waals surface area contributed by atoms with Gasteiger partial charge in [-0.1, -0.05) is 42.0 Å². The Kier molecular flexibility index (Phi) is 18.6. The van der Waals surface area contributed by atoms with Crippen molar-refractivity contribution in [1.82, 2.24) is 10.7 Å². The van der Waals surface area contributed by atoms with Crippen LogP contribution in [0.25, 0.3) is 0 Å². The molecule has 3 rings (SSSR count). The summed E-state index contributed by atoms with van der Waals surface area (Å²) in [4.78, 5) is 41.4. The number of nitrogens with one attached hydrogen (secondary N) is 1. The third-order valence-corrected chi connectivity index (χ3v) is 8.30. The molecule has 2 aromatic rings. The quantitative estimate of drug-likeness (QED) is 0.0332. The van der Waals surface area contributed by atoms with E-state index in [1.165, 1.54) is 25.3 Å². The smallest absolute Gasteiger partial charge is 0.338 e. The fraction of sp³-hybridized carbons (Fsp3) is 0.472. The van der Waals surface area contributed by atoms with Crippen LogP contribution in [0.1, 0.15) is 55.3 Å². The van der Waals surface area contributed by atoms with Crippen molar-refractivity contribution in [2.45, 2.75) is 63.3 Å². The highest BCUT2D eigenvalue weighted by Crippen LogP contribution is 2.36. The lowest BCUT2D eigenvalue weighted by Gasteiger charge is -2.19. The first kappa shape index (κ1) is 42.4. The van der Waals surface area contributed by atoms with Crippen molar-refractivity contribution in [3.8, 4) is 17.2 Å². The number of nitrogens with zero attached hydrogens (tertiary/aromatic N) is 1. The van der Waals surface area contributed by atoms with Crippen molar-refractivity contribution in [1.29, 1.82) is 0 Å². The van der Waals surface area contributed by atoms with Gasteiger partial charge in [0.25, 0.3) is 0 Å². The maximum Gasteiger partial charge on any atom is 0.338 e. The molecule has 0 unspecified atom stereocenters. The summed E-state index contributed by atoms with van der Waals surface area (Å²) in [6.45, 7) is -0.286. The van der Waals surface area contributed by atoms with Gasteiger partial charge >= 0.3 is 11.9 Å². The summed E-state index contributed by atoms with van der Waals surface area (Å²) in [6, 6.07) is 11.0. The van der Waals surface area contributed by atoms with Crippen LogP contribution in [0.4, 0.5) is 0 Å². The van der Waals surface area contributed by atoms with E-state index in [1.807, 2.05) is 12.2 Å². The lowest BCUT2D eigenvalue weighted by atomic mass is 9.89. The number of methoxy groups -OCH3 is 1. The number of hydrogen-bond acceptors (Lipinski definition) is 14. The second-order valence-corrected chi connectivity index (χ2v) is 12.4. The van der Waals surface area contributed by atoms with Gasteiger partial charge in [-0.25, -0.2) is 9.59 Å². The van der Waals surface area contributed by atoms with Crippen molar-refractivity contribution < 1.29 is 63.9 Å². The number of ether oxygens (including phenoxy) is 4. The zero-order valence-electron chi connectivity index (χ0n) is 28.8. The lowest BCUT2D eigenvalue weighted by Crippen LogP contribution is -2.31. The number of aliphatic hydroxyl groups excluding tert-OH is 3. The van der Waals surface area contributed by atoms with Crippen molar-refractivity contribution in [3.05, 3.63) is 77.4 Å². The Labute approximate surface area is 306 Å². The first-order valence-electron chi connectivity index (χ1n) is 16.9. The SMILES string of the molecule is COc1cc(C(=O)OCCCCON(O)O)ccc1OC(=O)CNC(=O)CCC/C=C\C[C@@H]1[C@@H](/C=C/[C@@H](O)COc2cccc(Cl)c2)[C@H](O)C[C@@H]1O. The zero-order chi connectivity index (χ0) is 37.9. The van der Waals surface area contributed by atoms with Gasteiger partial charge in [-0.15, -0.1) is 0 Å². The number of halogens is 1. The van der Waals surface area contributed by atoms with Gasteiger partial charge in [-0.05, 0) is 74.4 Å². The number of unbranched alkanes of at least 4 members (excludes halogenated alkanes) is 2. The molecule has 286 valence electrons. The molecule has 1 amide bonds. The molecule has 52 heavy (non-hydrogen) atoms. The molecule has 6 N–H and O–H groups in total. The van der Waals surface area contributed by atoms with Crippen LogP contribution in [-0.2, 0) is 19.2 Å². The molecule has 5 atom stereocenters. The standard InChI is InChI=1S/C36H47ClN2O13/c1-48-33-19-24(36(45)49-17-6-7-18-51-39(46)47)13-16-32(33)52-35(44)22-38-34(43)12-5-3-2-4-11-28-29(31(42)21-30(28)41)15-14-26(40)23-50-27-10-8-9-25(37)20-27/h2,4,8-10,13-16,19-20,26,28-31,40-42,46-47H,3,5-7,11-12,17-18,21-23H2,1H3,(H,38,43)/b4-2-,15-14+/t26-,28-,29-,30+,31-/m1/s1. The van der Waals surface area contributed by atoms with Gasteiger partial charge in [-0.2, -0.15) is 0 Å². The van der Waals surface area contributed by atoms with Crippen molar-refractivity contribution >= 4 is 29.4 Å². The molecule has 1 aliphatic rings. The average Bonchev–Trinajstić information content (AvgIpc) is 3.39. The van der Waals surface area contributed by atoms with E-state index in [0.29, 0.717) is 42.9 Å². The Bertz CT molecular complexity index is 1490. The number of amides is 1. The third-order valence-electron chi connectivity index (χ3n) is 8.07. The zero-order valence-corrected chi connectivity index (χ0v) is 29.6. The van der Waals surface area contributed by atoms with Gasteiger partial charge < -0.3 is 39.6 Å². The summed E-state index contributed by atoms with van der Waals surface area (Å²) in [5.41, 5.74) is 0.160. The molecule has 0 aromatic heterocycles. The normalized spacial score (nSPS) is 19.2. The summed E-state index contributed by atoms with van der Waals surface area (Å²) in [5.74, 6) is -1.62. The van der Waals surface area contributed by atoms with Crippen LogP contribution in [-0.4, -0.2) is 101 Å². The van der Waals surface area contributed by atoms with E-state index in [0.717, 1.165) is 0 Å². The van der Waals surface area contributed by atoms with Gasteiger partial charge in [0.15, 0.2) is 11.5 Å². The van der Waals surface area contributed by atoms with Crippen LogP contribution in [0.5, 0.6) is 17.2 Å². The Balaban J connectivity index is 1.33. The minimum Gasteiger partial charge on any atom is -0.493 e. The molecule has 0 aliphatic heterocycles. The van der Waals surface area contributed by atoms with Crippen LogP contribution in [0, 0.1) is 11.8 Å². The van der Waals surface area contributed by atoms with Crippen LogP contribution in [0.15, 0.2) is 66.8 Å². The van der Waals surface area contributed by atoms with E-state index >= 15 is 0 Å². The van der Waals surface area contributed by atoms with Crippen LogP contribution < -0.4 is 19.5 Å². The second kappa shape index (κ2) is 22.8. The summed E-state index contributed by atoms with van der Waals surface area (Å²) in [6.07, 6.45) is 7.53. The topological polar surface area (TPSA) is 214 Å². The number of aliphatic hydroxyl groups is 3. The molecule has 1 saturated carbocycles. The molecule has 0 heterocycles. The van der Waals surface area contributed by atoms with E-state index < -0.39 is 35.6 Å². The first-order chi connectivity index (χ1) is 25.0. The number of carbonyl (C=O) groups excluding carboxylic acids is 3. The fourth-order valence-electron chi connectivity index (χ4n) is 5.40. The van der Waals surface area contributed by atoms with Crippen LogP contribution in [0.2, 0.25) is 5.02 Å². The van der Waals surface area contributed by atoms with Gasteiger partial charge in [0.05, 0.1) is 43.5 Å². The van der Waals surface area contributed by atoms with Crippen molar-refractivity contribution in [2.75, 3.05) is 33.5 Å². The maximum absolute atomic E-state index is 12.4. The molecular weight excluding hydrogens is 704 g/mol. The number of hydrogen-bond donors (Lipinski definition) is 6. The molecule has 1 aliphatic carbocycles. The predicted octanol–water partition coefficient (Wildman–Crippen LogP) is 3.79. The molecule has 2 aromatic carbocycles. The van der Waals surface area contributed by atoms with E-state index in [1.54, 1.807) is 36.4 Å². The summed E-state index contributed by atoms with van der Waals surface area (Å²) < 4.78 is 21.2. The van der Waals surface area contributed by atoms with Crippen LogP contribution in [0.3, 0.4) is 0 Å². The molecular formula is C36H47ClN2O13. The number of esters is 2. The Hall–Kier alpha value is -4.06. The summed E-state index contributed by atoms with van der Waals surface area (Å²) >= 11 is 5.95. The molecule has 0 spiro atoms. The van der Waals surface area contributed by atoms with Gasteiger partial charge in [0.2, 0.25) is 5.91 Å². The molecule has 15 nitrogen and oxygen atoms in total. The van der Waals surface area contributed by atoms with Gasteiger partial charge in [0, 0.05) is 23.8 Å². The highest BCUT2D eigenvalue weighted by atomic mass is 35.5. The highest BCUT2D eigenvalue weighted by molar-refractivity contribution is 6.30. The number of allylic oxidation sites excluding steroid dienone is 2. The second-order valence-electron chi connectivity index (χ2n) is 12.0. The molecule has 0 radical (unpaired) electrons. The average molecular weight is 751 g/mol. The molecule has 16 heteroatoms. The van der Waals surface area contributed by atoms with E-state index in [-0.39, 0.29) is 74.0 Å². The van der Waals surface area contributed by atoms with Crippen molar-refractivity contribution in [3.63, 3.8) is 0 Å². The molecule has 1 fully saturated rings. The molecule has 0 saturated heterocycles. The minimum atomic E-state index is -0.917. The largest absolute Gasteiger partial charge is 0.493 e. The van der Waals surface area contributed by atoms with Crippen LogP contribution >= 0.6 is 11.6 Å². The number of benzene rings is 2. The Morgan fingerprint density at radius 2 is 1.81 bits per heavy atom. The summed E-state index contributed by atoms with van der Waals surface area (Å²) in [5, 5.41) is 50.9. The fourth-order valence-corrected chi connectivity index (χ4v) is 5.58. The predicted molar refractivity (Wildman–Crippen MR) is 186 cm³/mol. The maximum atomic E-state index is 12.4. The van der Waals surface area contributed by atoms with E-state index in [2.05, 4.69) is 10.2 Å². The minimum absolute atomic E-state index is 0.00416.